The highest BCUT2D eigenvalue weighted by molar-refractivity contribution is 5.63. The van der Waals surface area contributed by atoms with Gasteiger partial charge in [0.05, 0.1) is 7.11 Å². The van der Waals surface area contributed by atoms with Gasteiger partial charge in [0, 0.05) is 0 Å². The Hall–Kier alpha value is -1.28. The number of hydrogen-bond acceptors (Lipinski definition) is 2. The molecule has 0 aliphatic rings. The molecule has 15 heavy (non-hydrogen) atoms. The first-order valence-corrected chi connectivity index (χ1v) is 5.24. The molecule has 2 heteroatoms. The van der Waals surface area contributed by atoms with Crippen molar-refractivity contribution in [2.24, 2.45) is 0 Å². The minimum Gasteiger partial charge on any atom is -0.497 e. The Balaban J connectivity index is 2.50. The highest BCUT2D eigenvalue weighted by atomic mass is 16.5. The number of benzene rings is 1. The lowest BCUT2D eigenvalue weighted by molar-refractivity contribution is 0.415. The van der Waals surface area contributed by atoms with Gasteiger partial charge < -0.3 is 10.1 Å². The summed E-state index contributed by atoms with van der Waals surface area (Å²) in [6, 6.07) is 8.05. The van der Waals surface area contributed by atoms with Gasteiger partial charge in [-0.15, -0.1) is 0 Å². The lowest BCUT2D eigenvalue weighted by Crippen LogP contribution is -2.07. The quantitative estimate of drug-likeness (QED) is 0.721. The van der Waals surface area contributed by atoms with Gasteiger partial charge in [-0.25, -0.2) is 0 Å². The molecule has 0 atom stereocenters. The van der Waals surface area contributed by atoms with Crippen molar-refractivity contribution < 1.29 is 4.74 Å². The number of hydrogen-bond donors (Lipinski definition) is 1. The van der Waals surface area contributed by atoms with Crippen LogP contribution < -0.4 is 10.1 Å². The highest BCUT2D eigenvalue weighted by Gasteiger charge is 1.99. The first kappa shape index (κ1) is 11.8. The second kappa shape index (κ2) is 6.25. The summed E-state index contributed by atoms with van der Waals surface area (Å²) in [6.45, 7) is 5.12. The average Bonchev–Trinajstić information content (AvgIpc) is 2.29. The smallest absolute Gasteiger partial charge is 0.118 e. The number of nitrogens with one attached hydrogen (secondary N) is 1. The summed E-state index contributed by atoms with van der Waals surface area (Å²) in [5.41, 5.74) is 2.39. The molecule has 1 aromatic carbocycles. The third-order valence-electron chi connectivity index (χ3n) is 2.40. The average molecular weight is 205 g/mol. The van der Waals surface area contributed by atoms with Crippen LogP contribution in [-0.4, -0.2) is 20.7 Å². The predicted octanol–water partition coefficient (Wildman–Crippen LogP) is 2.71. The second-order valence-corrected chi connectivity index (χ2v) is 3.54. The summed E-state index contributed by atoms with van der Waals surface area (Å²) in [6.07, 6.45) is 2.16. The number of allylic oxidation sites excluding steroid dienone is 1. The van der Waals surface area contributed by atoms with Crippen LogP contribution in [0.15, 0.2) is 30.8 Å². The summed E-state index contributed by atoms with van der Waals surface area (Å²) in [7, 11) is 3.65. The van der Waals surface area contributed by atoms with Crippen LogP contribution in [-0.2, 0) is 0 Å². The van der Waals surface area contributed by atoms with Gasteiger partial charge in [-0.3, -0.25) is 0 Å². The van der Waals surface area contributed by atoms with E-state index in [1.54, 1.807) is 7.11 Å². The Morgan fingerprint density at radius 3 is 2.53 bits per heavy atom. The normalized spacial score (nSPS) is 10.0. The molecule has 0 radical (unpaired) electrons. The molecule has 1 aromatic rings. The monoisotopic (exact) mass is 205 g/mol. The first-order chi connectivity index (χ1) is 7.27. The fourth-order valence-electron chi connectivity index (χ4n) is 1.45. The zero-order valence-corrected chi connectivity index (χ0v) is 9.55. The third kappa shape index (κ3) is 3.76. The van der Waals surface area contributed by atoms with Crippen molar-refractivity contribution in [3.05, 3.63) is 36.4 Å². The molecule has 0 aliphatic carbocycles. The molecule has 0 aliphatic heterocycles. The standard InChI is InChI=1S/C13H19NO/c1-11(5-4-10-14-2)12-6-8-13(15-3)9-7-12/h6-9,14H,1,4-5,10H2,2-3H3. The van der Waals surface area contributed by atoms with E-state index in [9.17, 15) is 0 Å². The molecular weight excluding hydrogens is 186 g/mol. The van der Waals surface area contributed by atoms with E-state index in [0.717, 1.165) is 25.1 Å². The van der Waals surface area contributed by atoms with Gasteiger partial charge >= 0.3 is 0 Å². The molecule has 0 amide bonds. The van der Waals surface area contributed by atoms with E-state index >= 15 is 0 Å². The van der Waals surface area contributed by atoms with Crippen LogP contribution in [0.4, 0.5) is 0 Å². The fraction of sp³-hybridized carbons (Fsp3) is 0.385. The van der Waals surface area contributed by atoms with Crippen LogP contribution in [0.2, 0.25) is 0 Å². The first-order valence-electron chi connectivity index (χ1n) is 5.24. The molecule has 82 valence electrons. The van der Waals surface area contributed by atoms with Crippen molar-refractivity contribution in [1.82, 2.24) is 5.32 Å². The van der Waals surface area contributed by atoms with Crippen LogP contribution in [0.5, 0.6) is 5.75 Å². The lowest BCUT2D eigenvalue weighted by Gasteiger charge is -2.06. The van der Waals surface area contributed by atoms with Gasteiger partial charge in [0.2, 0.25) is 0 Å². The van der Waals surface area contributed by atoms with Gasteiger partial charge in [-0.1, -0.05) is 18.7 Å². The number of methoxy groups -OCH3 is 1. The molecule has 1 N–H and O–H groups in total. The zero-order valence-electron chi connectivity index (χ0n) is 9.55. The molecular formula is C13H19NO. The Morgan fingerprint density at radius 2 is 2.00 bits per heavy atom. The Bertz CT molecular complexity index is 303. The van der Waals surface area contributed by atoms with Crippen molar-refractivity contribution in [3.63, 3.8) is 0 Å². The molecule has 0 fully saturated rings. The molecule has 1 rings (SSSR count). The number of ether oxygens (including phenoxy) is 1. The van der Waals surface area contributed by atoms with Crippen LogP contribution in [0.1, 0.15) is 18.4 Å². The summed E-state index contributed by atoms with van der Waals surface area (Å²) in [4.78, 5) is 0. The third-order valence-corrected chi connectivity index (χ3v) is 2.40. The van der Waals surface area contributed by atoms with Gasteiger partial charge in [0.15, 0.2) is 0 Å². The Kier molecular flexibility index (Phi) is 4.91. The molecule has 0 aromatic heterocycles. The van der Waals surface area contributed by atoms with E-state index in [0.29, 0.717) is 0 Å². The van der Waals surface area contributed by atoms with E-state index in [1.807, 2.05) is 19.2 Å². The minimum absolute atomic E-state index is 0.891. The molecule has 0 bridgehead atoms. The predicted molar refractivity (Wildman–Crippen MR) is 65.2 cm³/mol. The van der Waals surface area contributed by atoms with Crippen molar-refractivity contribution >= 4 is 5.57 Å². The van der Waals surface area contributed by atoms with Gasteiger partial charge in [0.25, 0.3) is 0 Å². The number of rotatable bonds is 6. The van der Waals surface area contributed by atoms with E-state index in [1.165, 1.54) is 11.1 Å². The van der Waals surface area contributed by atoms with Crippen molar-refractivity contribution in [2.45, 2.75) is 12.8 Å². The van der Waals surface area contributed by atoms with Gasteiger partial charge in [-0.05, 0) is 49.7 Å². The summed E-state index contributed by atoms with van der Waals surface area (Å²) >= 11 is 0. The summed E-state index contributed by atoms with van der Waals surface area (Å²) < 4.78 is 5.11. The van der Waals surface area contributed by atoms with Crippen LogP contribution in [0.25, 0.3) is 5.57 Å². The Labute approximate surface area is 92.0 Å². The van der Waals surface area contributed by atoms with Crippen LogP contribution in [0.3, 0.4) is 0 Å². The molecule has 0 saturated carbocycles. The SMILES string of the molecule is C=C(CCCNC)c1ccc(OC)cc1. The molecule has 2 nitrogen and oxygen atoms in total. The Morgan fingerprint density at radius 1 is 1.33 bits per heavy atom. The maximum Gasteiger partial charge on any atom is 0.118 e. The molecule has 0 heterocycles. The van der Waals surface area contributed by atoms with Crippen LogP contribution >= 0.6 is 0 Å². The largest absolute Gasteiger partial charge is 0.497 e. The molecule has 0 unspecified atom stereocenters. The maximum absolute atomic E-state index is 5.11. The van der Waals surface area contributed by atoms with Crippen LogP contribution in [0, 0.1) is 0 Å². The fourth-order valence-corrected chi connectivity index (χ4v) is 1.45. The molecule has 0 spiro atoms. The van der Waals surface area contributed by atoms with Crippen molar-refractivity contribution in [2.75, 3.05) is 20.7 Å². The summed E-state index contributed by atoms with van der Waals surface area (Å²) in [5.74, 6) is 0.891. The van der Waals surface area contributed by atoms with Gasteiger partial charge in [-0.2, -0.15) is 0 Å². The second-order valence-electron chi connectivity index (χ2n) is 3.54. The van der Waals surface area contributed by atoms with E-state index in [-0.39, 0.29) is 0 Å². The molecule has 0 saturated heterocycles. The summed E-state index contributed by atoms with van der Waals surface area (Å²) in [5, 5.41) is 3.13. The topological polar surface area (TPSA) is 21.3 Å². The van der Waals surface area contributed by atoms with E-state index in [2.05, 4.69) is 24.0 Å². The van der Waals surface area contributed by atoms with Crippen molar-refractivity contribution in [1.29, 1.82) is 0 Å². The van der Waals surface area contributed by atoms with E-state index < -0.39 is 0 Å². The van der Waals surface area contributed by atoms with Gasteiger partial charge in [0.1, 0.15) is 5.75 Å². The van der Waals surface area contributed by atoms with E-state index in [4.69, 9.17) is 4.74 Å². The minimum atomic E-state index is 0.891. The van der Waals surface area contributed by atoms with Crippen molar-refractivity contribution in [3.8, 4) is 5.75 Å². The maximum atomic E-state index is 5.11. The lowest BCUT2D eigenvalue weighted by atomic mass is 10.0. The zero-order chi connectivity index (χ0) is 11.1. The highest BCUT2D eigenvalue weighted by Crippen LogP contribution is 2.20.